The van der Waals surface area contributed by atoms with E-state index in [4.69, 9.17) is 16.6 Å². The van der Waals surface area contributed by atoms with E-state index in [0.717, 1.165) is 22.4 Å². The zero-order valence-electron chi connectivity index (χ0n) is 21.4. The van der Waals surface area contributed by atoms with Crippen molar-refractivity contribution in [2.24, 2.45) is 7.05 Å². The van der Waals surface area contributed by atoms with Crippen molar-refractivity contribution in [3.63, 3.8) is 0 Å². The highest BCUT2D eigenvalue weighted by atomic mass is 35.5. The zero-order valence-corrected chi connectivity index (χ0v) is 22.9. The van der Waals surface area contributed by atoms with E-state index in [0.29, 0.717) is 29.0 Å². The summed E-state index contributed by atoms with van der Waals surface area (Å²) in [5, 5.41) is 6.58. The first-order valence-electron chi connectivity index (χ1n) is 11.8. The molecule has 0 spiro atoms. The SMILES string of the molecule is CN(c1ccc2c(c1)nc(Nc1ccc(F)cc1Cl)n2C)c1ccnc(Nc2ccc(CS(C)(=O)=O)cc2)n1. The molecule has 0 unspecified atom stereocenters. The third kappa shape index (κ3) is 6.10. The Balaban J connectivity index is 1.35. The van der Waals surface area contributed by atoms with Crippen LogP contribution in [-0.2, 0) is 22.6 Å². The summed E-state index contributed by atoms with van der Waals surface area (Å²) in [4.78, 5) is 15.6. The van der Waals surface area contributed by atoms with Crippen LogP contribution in [0.2, 0.25) is 5.02 Å². The minimum Gasteiger partial charge on any atom is -0.329 e. The molecule has 0 atom stereocenters. The number of nitrogens with zero attached hydrogens (tertiary/aromatic N) is 5. The van der Waals surface area contributed by atoms with Crippen molar-refractivity contribution < 1.29 is 12.8 Å². The normalized spacial score (nSPS) is 11.5. The Morgan fingerprint density at radius 1 is 1.00 bits per heavy atom. The van der Waals surface area contributed by atoms with Crippen LogP contribution < -0.4 is 15.5 Å². The number of nitrogens with one attached hydrogen (secondary N) is 2. The Hall–Kier alpha value is -4.22. The Bertz CT molecular complexity index is 1780. The Morgan fingerprint density at radius 3 is 2.49 bits per heavy atom. The van der Waals surface area contributed by atoms with Crippen molar-refractivity contribution in [2.75, 3.05) is 28.8 Å². The molecule has 0 amide bonds. The Kier molecular flexibility index (Phi) is 7.11. The molecule has 2 heterocycles. The molecule has 12 heteroatoms. The fourth-order valence-corrected chi connectivity index (χ4v) is 5.08. The predicted molar refractivity (Wildman–Crippen MR) is 154 cm³/mol. The van der Waals surface area contributed by atoms with Crippen molar-refractivity contribution in [2.45, 2.75) is 5.75 Å². The summed E-state index contributed by atoms with van der Waals surface area (Å²) in [6.07, 6.45) is 2.87. The first-order valence-corrected chi connectivity index (χ1v) is 14.3. The van der Waals surface area contributed by atoms with Crippen LogP contribution in [0.3, 0.4) is 0 Å². The van der Waals surface area contributed by atoms with E-state index in [1.54, 1.807) is 42.6 Å². The van der Waals surface area contributed by atoms with Gasteiger partial charge in [-0.2, -0.15) is 4.98 Å². The molecule has 0 aliphatic heterocycles. The Labute approximate surface area is 230 Å². The molecule has 0 radical (unpaired) electrons. The van der Waals surface area contributed by atoms with E-state index >= 15 is 0 Å². The monoisotopic (exact) mass is 565 g/mol. The highest BCUT2D eigenvalue weighted by Gasteiger charge is 2.14. The van der Waals surface area contributed by atoms with Crippen molar-refractivity contribution >= 4 is 67.2 Å². The van der Waals surface area contributed by atoms with Gasteiger partial charge in [0.1, 0.15) is 11.6 Å². The standard InChI is InChI=1S/C27H25ClFN7O2S/c1-35(25-12-13-30-26(34-25)31-19-7-4-17(5-8-19)16-39(3,37)38)20-9-11-24-23(15-20)33-27(36(24)2)32-22-10-6-18(29)14-21(22)28/h4-15H,16H2,1-3H3,(H,32,33)(H,30,31,34). The number of aryl methyl sites for hydroxylation is 1. The number of imidazole rings is 1. The van der Waals surface area contributed by atoms with Gasteiger partial charge in [-0.1, -0.05) is 23.7 Å². The maximum Gasteiger partial charge on any atom is 0.229 e. The second-order valence-electron chi connectivity index (χ2n) is 9.11. The summed E-state index contributed by atoms with van der Waals surface area (Å²) < 4.78 is 38.4. The molecule has 5 rings (SSSR count). The van der Waals surface area contributed by atoms with Gasteiger partial charge in [0.05, 0.1) is 27.5 Å². The fourth-order valence-electron chi connectivity index (χ4n) is 4.06. The van der Waals surface area contributed by atoms with Crippen molar-refractivity contribution in [1.29, 1.82) is 0 Å². The maximum atomic E-state index is 13.4. The molecule has 0 saturated heterocycles. The fraction of sp³-hybridized carbons (Fsp3) is 0.148. The number of halogens is 2. The molecule has 5 aromatic rings. The van der Waals surface area contributed by atoms with Crippen LogP contribution in [-0.4, -0.2) is 41.2 Å². The minimum atomic E-state index is -3.10. The molecule has 0 saturated carbocycles. The van der Waals surface area contributed by atoms with Crippen LogP contribution >= 0.6 is 11.6 Å². The van der Waals surface area contributed by atoms with Crippen LogP contribution in [0.5, 0.6) is 0 Å². The van der Waals surface area contributed by atoms with Gasteiger partial charge in [0.15, 0.2) is 9.84 Å². The number of benzene rings is 3. The number of hydrogen-bond donors (Lipinski definition) is 2. The summed E-state index contributed by atoms with van der Waals surface area (Å²) in [6, 6.07) is 18.9. The zero-order chi connectivity index (χ0) is 27.7. The van der Waals surface area contributed by atoms with Gasteiger partial charge in [-0.3, -0.25) is 0 Å². The van der Waals surface area contributed by atoms with E-state index in [9.17, 15) is 12.8 Å². The molecular formula is C27H25ClFN7O2S. The molecule has 2 N–H and O–H groups in total. The Morgan fingerprint density at radius 2 is 1.77 bits per heavy atom. The molecule has 39 heavy (non-hydrogen) atoms. The number of hydrogen-bond acceptors (Lipinski definition) is 8. The summed E-state index contributed by atoms with van der Waals surface area (Å²) in [6.45, 7) is 0. The van der Waals surface area contributed by atoms with Crippen LogP contribution in [0, 0.1) is 5.82 Å². The van der Waals surface area contributed by atoms with Crippen LogP contribution in [0.15, 0.2) is 72.9 Å². The van der Waals surface area contributed by atoms with Gasteiger partial charge < -0.3 is 20.1 Å². The first-order chi connectivity index (χ1) is 18.6. The highest BCUT2D eigenvalue weighted by molar-refractivity contribution is 7.89. The van der Waals surface area contributed by atoms with Gasteiger partial charge in [0, 0.05) is 37.9 Å². The molecule has 0 bridgehead atoms. The van der Waals surface area contributed by atoms with Gasteiger partial charge in [0.2, 0.25) is 11.9 Å². The second-order valence-corrected chi connectivity index (χ2v) is 11.7. The number of aromatic nitrogens is 4. The molecular weight excluding hydrogens is 541 g/mol. The highest BCUT2D eigenvalue weighted by Crippen LogP contribution is 2.30. The van der Waals surface area contributed by atoms with Gasteiger partial charge in [-0.15, -0.1) is 0 Å². The lowest BCUT2D eigenvalue weighted by atomic mass is 10.2. The summed E-state index contributed by atoms with van der Waals surface area (Å²) >= 11 is 6.17. The van der Waals surface area contributed by atoms with Gasteiger partial charge >= 0.3 is 0 Å². The average Bonchev–Trinajstić information content (AvgIpc) is 3.20. The van der Waals surface area contributed by atoms with E-state index in [-0.39, 0.29) is 10.8 Å². The number of rotatable bonds is 8. The number of anilines is 6. The lowest BCUT2D eigenvalue weighted by Crippen LogP contribution is -2.12. The third-order valence-corrected chi connectivity index (χ3v) is 7.22. The van der Waals surface area contributed by atoms with E-state index in [1.165, 1.54) is 18.4 Å². The first kappa shape index (κ1) is 26.4. The topological polar surface area (TPSA) is 105 Å². The van der Waals surface area contributed by atoms with E-state index in [2.05, 4.69) is 20.6 Å². The molecule has 2 aromatic heterocycles. The maximum absolute atomic E-state index is 13.4. The van der Waals surface area contributed by atoms with Gasteiger partial charge in [-0.25, -0.2) is 22.8 Å². The summed E-state index contributed by atoms with van der Waals surface area (Å²) in [5.74, 6) is 1.20. The van der Waals surface area contributed by atoms with Gasteiger partial charge in [-0.05, 0) is 60.2 Å². The van der Waals surface area contributed by atoms with Crippen LogP contribution in [0.1, 0.15) is 5.56 Å². The second kappa shape index (κ2) is 10.5. The minimum absolute atomic E-state index is 0.0117. The van der Waals surface area contributed by atoms with Crippen molar-refractivity contribution in [1.82, 2.24) is 19.5 Å². The van der Waals surface area contributed by atoms with Crippen molar-refractivity contribution in [3.05, 3.63) is 89.3 Å². The smallest absolute Gasteiger partial charge is 0.229 e. The van der Waals surface area contributed by atoms with E-state index in [1.807, 2.05) is 41.8 Å². The lowest BCUT2D eigenvalue weighted by molar-refractivity contribution is 0.601. The molecule has 0 fully saturated rings. The van der Waals surface area contributed by atoms with E-state index < -0.39 is 15.7 Å². The number of fused-ring (bicyclic) bond motifs is 1. The molecule has 0 aliphatic rings. The lowest BCUT2D eigenvalue weighted by Gasteiger charge is -2.19. The summed E-state index contributed by atoms with van der Waals surface area (Å²) in [5.41, 5.74) is 4.52. The molecule has 3 aromatic carbocycles. The van der Waals surface area contributed by atoms with Crippen LogP contribution in [0.4, 0.5) is 39.2 Å². The summed E-state index contributed by atoms with van der Waals surface area (Å²) in [7, 11) is 0.679. The average molecular weight is 566 g/mol. The van der Waals surface area contributed by atoms with Gasteiger partial charge in [0.25, 0.3) is 0 Å². The predicted octanol–water partition coefficient (Wildman–Crippen LogP) is 5.96. The van der Waals surface area contributed by atoms with Crippen LogP contribution in [0.25, 0.3) is 11.0 Å². The number of sulfone groups is 1. The third-order valence-electron chi connectivity index (χ3n) is 6.05. The molecule has 9 nitrogen and oxygen atoms in total. The van der Waals surface area contributed by atoms with Crippen molar-refractivity contribution in [3.8, 4) is 0 Å². The quantitative estimate of drug-likeness (QED) is 0.238. The molecule has 200 valence electrons. The largest absolute Gasteiger partial charge is 0.329 e. The molecule has 0 aliphatic carbocycles.